The summed E-state index contributed by atoms with van der Waals surface area (Å²) in [6.07, 6.45) is 3.60. The van der Waals surface area contributed by atoms with E-state index in [-0.39, 0.29) is 6.61 Å². The molecule has 0 fully saturated rings. The van der Waals surface area contributed by atoms with Crippen molar-refractivity contribution in [2.45, 2.75) is 52.5 Å². The summed E-state index contributed by atoms with van der Waals surface area (Å²) in [5.41, 5.74) is 0. The third-order valence-corrected chi connectivity index (χ3v) is 2.90. The zero-order valence-electron chi connectivity index (χ0n) is 12.9. The molecule has 0 heterocycles. The van der Waals surface area contributed by atoms with Crippen molar-refractivity contribution < 1.29 is 19.1 Å². The maximum atomic E-state index is 11.8. The third kappa shape index (κ3) is 7.67. The van der Waals surface area contributed by atoms with Crippen molar-refractivity contribution in [2.24, 2.45) is 0 Å². The monoisotopic (exact) mass is 283 g/mol. The van der Waals surface area contributed by atoms with Crippen LogP contribution in [0.4, 0.5) is 4.79 Å². The fourth-order valence-electron chi connectivity index (χ4n) is 1.41. The molecule has 20 heavy (non-hydrogen) atoms. The second-order valence-electron chi connectivity index (χ2n) is 4.50. The lowest BCUT2D eigenvalue weighted by Gasteiger charge is -2.22. The molecule has 0 N–H and O–H groups in total. The maximum absolute atomic E-state index is 11.8. The minimum absolute atomic E-state index is 0.0262. The minimum Gasteiger partial charge on any atom is -0.464 e. The van der Waals surface area contributed by atoms with Crippen LogP contribution in [0, 0.1) is 11.8 Å². The Morgan fingerprint density at radius 1 is 1.20 bits per heavy atom. The normalized spacial score (nSPS) is 11.0. The number of ether oxygens (including phenoxy) is 2. The smallest absolute Gasteiger partial charge is 0.411 e. The van der Waals surface area contributed by atoms with Gasteiger partial charge in [0, 0.05) is 7.05 Å². The molecule has 5 heteroatoms. The first-order valence-corrected chi connectivity index (χ1v) is 7.00. The summed E-state index contributed by atoms with van der Waals surface area (Å²) < 4.78 is 10.0. The molecule has 0 saturated carbocycles. The Kier molecular flexibility index (Phi) is 10.2. The Bertz CT molecular complexity index is 357. The first-order valence-electron chi connectivity index (χ1n) is 7.00. The van der Waals surface area contributed by atoms with Gasteiger partial charge in [0.25, 0.3) is 0 Å². The van der Waals surface area contributed by atoms with Gasteiger partial charge in [-0.25, -0.2) is 9.59 Å². The second kappa shape index (κ2) is 11.2. The second-order valence-corrected chi connectivity index (χ2v) is 4.50. The highest BCUT2D eigenvalue weighted by molar-refractivity contribution is 5.80. The van der Waals surface area contributed by atoms with E-state index in [4.69, 9.17) is 9.47 Å². The molecule has 1 atom stereocenters. The third-order valence-electron chi connectivity index (χ3n) is 2.90. The van der Waals surface area contributed by atoms with Gasteiger partial charge in [-0.15, -0.1) is 5.92 Å². The largest absolute Gasteiger partial charge is 0.464 e. The van der Waals surface area contributed by atoms with E-state index in [1.807, 2.05) is 0 Å². The number of hydrogen-bond acceptors (Lipinski definition) is 4. The van der Waals surface area contributed by atoms with Crippen LogP contribution >= 0.6 is 0 Å². The molecule has 0 bridgehead atoms. The Hall–Kier alpha value is -1.70. The average molecular weight is 283 g/mol. The van der Waals surface area contributed by atoms with Gasteiger partial charge in [0.2, 0.25) is 0 Å². The van der Waals surface area contributed by atoms with Crippen LogP contribution in [0.5, 0.6) is 0 Å². The number of nitrogens with zero attached hydrogens (tertiary/aromatic N) is 1. The Morgan fingerprint density at radius 3 is 2.50 bits per heavy atom. The predicted molar refractivity (Wildman–Crippen MR) is 77.1 cm³/mol. The number of amides is 1. The molecule has 0 aliphatic heterocycles. The lowest BCUT2D eigenvalue weighted by atomic mass is 10.2. The van der Waals surface area contributed by atoms with Crippen LogP contribution in [0.25, 0.3) is 0 Å². The summed E-state index contributed by atoms with van der Waals surface area (Å²) >= 11 is 0. The molecule has 114 valence electrons. The van der Waals surface area contributed by atoms with E-state index in [9.17, 15) is 9.59 Å². The van der Waals surface area contributed by atoms with Crippen LogP contribution in [-0.2, 0) is 14.3 Å². The Balaban J connectivity index is 4.01. The quantitative estimate of drug-likeness (QED) is 0.390. The van der Waals surface area contributed by atoms with E-state index in [2.05, 4.69) is 18.8 Å². The van der Waals surface area contributed by atoms with Crippen molar-refractivity contribution in [1.82, 2.24) is 4.90 Å². The highest BCUT2D eigenvalue weighted by atomic mass is 16.6. The SMILES string of the molecule is CC#CCOC(=O)N(C)C(C)C(=O)OCCCCCC. The average Bonchev–Trinajstić information content (AvgIpc) is 2.45. The van der Waals surface area contributed by atoms with E-state index in [0.29, 0.717) is 6.61 Å². The van der Waals surface area contributed by atoms with Crippen LogP contribution in [-0.4, -0.2) is 43.3 Å². The lowest BCUT2D eigenvalue weighted by molar-refractivity contribution is -0.148. The number of carbonyl (C=O) groups excluding carboxylic acids is 2. The molecular weight excluding hydrogens is 258 g/mol. The Labute approximate surface area is 121 Å². The summed E-state index contributed by atoms with van der Waals surface area (Å²) in [5.74, 6) is 4.83. The van der Waals surface area contributed by atoms with Gasteiger partial charge in [0.15, 0.2) is 6.61 Å². The molecule has 5 nitrogen and oxygen atoms in total. The molecule has 0 aliphatic carbocycles. The molecule has 0 rings (SSSR count). The maximum Gasteiger partial charge on any atom is 0.411 e. The number of esters is 1. The molecule has 1 unspecified atom stereocenters. The zero-order valence-corrected chi connectivity index (χ0v) is 12.9. The molecule has 0 aliphatic rings. The van der Waals surface area contributed by atoms with E-state index in [0.717, 1.165) is 25.7 Å². The minimum atomic E-state index is -0.664. The summed E-state index contributed by atoms with van der Waals surface area (Å²) in [6.45, 7) is 5.82. The summed E-state index contributed by atoms with van der Waals surface area (Å²) in [4.78, 5) is 24.6. The van der Waals surface area contributed by atoms with Gasteiger partial charge in [-0.3, -0.25) is 4.90 Å². The zero-order chi connectivity index (χ0) is 15.4. The van der Waals surface area contributed by atoms with Crippen molar-refractivity contribution in [2.75, 3.05) is 20.3 Å². The van der Waals surface area contributed by atoms with Crippen LogP contribution in [0.3, 0.4) is 0 Å². The number of unbranched alkanes of at least 4 members (excludes halogenated alkanes) is 3. The van der Waals surface area contributed by atoms with Gasteiger partial charge >= 0.3 is 12.1 Å². The number of carbonyl (C=O) groups is 2. The predicted octanol–water partition coefficient (Wildman–Crippen LogP) is 2.59. The first kappa shape index (κ1) is 18.3. The highest BCUT2D eigenvalue weighted by Gasteiger charge is 2.24. The number of rotatable bonds is 8. The fraction of sp³-hybridized carbons (Fsp3) is 0.733. The number of likely N-dealkylation sites (N-methyl/N-ethyl adjacent to an activating group) is 1. The van der Waals surface area contributed by atoms with E-state index in [1.165, 1.54) is 11.9 Å². The molecular formula is C15H25NO4. The van der Waals surface area contributed by atoms with E-state index in [1.54, 1.807) is 13.8 Å². The number of hydrogen-bond donors (Lipinski definition) is 0. The van der Waals surface area contributed by atoms with Gasteiger partial charge in [-0.05, 0) is 20.3 Å². The van der Waals surface area contributed by atoms with Gasteiger partial charge in [0.1, 0.15) is 6.04 Å². The van der Waals surface area contributed by atoms with E-state index < -0.39 is 18.1 Å². The highest BCUT2D eigenvalue weighted by Crippen LogP contribution is 2.04. The van der Waals surface area contributed by atoms with Crippen LogP contribution in [0.15, 0.2) is 0 Å². The van der Waals surface area contributed by atoms with Gasteiger partial charge in [0.05, 0.1) is 6.61 Å². The van der Waals surface area contributed by atoms with Crippen molar-refractivity contribution in [3.63, 3.8) is 0 Å². The van der Waals surface area contributed by atoms with Crippen LogP contribution in [0.1, 0.15) is 46.5 Å². The Morgan fingerprint density at radius 2 is 1.90 bits per heavy atom. The van der Waals surface area contributed by atoms with Crippen molar-refractivity contribution in [1.29, 1.82) is 0 Å². The first-order chi connectivity index (χ1) is 9.54. The van der Waals surface area contributed by atoms with Gasteiger partial charge in [-0.1, -0.05) is 32.1 Å². The van der Waals surface area contributed by atoms with Crippen molar-refractivity contribution >= 4 is 12.1 Å². The molecule has 0 saturated heterocycles. The summed E-state index contributed by atoms with van der Waals surface area (Å²) in [6, 6.07) is -0.664. The molecule has 1 amide bonds. The topological polar surface area (TPSA) is 55.8 Å². The standard InChI is InChI=1S/C15H25NO4/c1-5-7-9-10-12-19-14(17)13(3)16(4)15(18)20-11-8-6-2/h13H,5,7,9-12H2,1-4H3. The molecule has 0 aromatic rings. The summed E-state index contributed by atoms with van der Waals surface area (Å²) in [7, 11) is 1.50. The van der Waals surface area contributed by atoms with Crippen molar-refractivity contribution in [3.05, 3.63) is 0 Å². The molecule has 0 spiro atoms. The van der Waals surface area contributed by atoms with Gasteiger partial charge in [-0.2, -0.15) is 0 Å². The lowest BCUT2D eigenvalue weighted by Crippen LogP contribution is -2.41. The summed E-state index contributed by atoms with van der Waals surface area (Å²) in [5, 5.41) is 0. The van der Waals surface area contributed by atoms with Crippen LogP contribution < -0.4 is 0 Å². The fourth-order valence-corrected chi connectivity index (χ4v) is 1.41. The molecule has 0 aromatic heterocycles. The van der Waals surface area contributed by atoms with Crippen molar-refractivity contribution in [3.8, 4) is 11.8 Å². The molecule has 0 radical (unpaired) electrons. The van der Waals surface area contributed by atoms with E-state index >= 15 is 0 Å². The van der Waals surface area contributed by atoms with Gasteiger partial charge < -0.3 is 9.47 Å². The molecule has 0 aromatic carbocycles. The van der Waals surface area contributed by atoms with Crippen LogP contribution in [0.2, 0.25) is 0 Å².